The summed E-state index contributed by atoms with van der Waals surface area (Å²) < 4.78 is 44.3. The molecule has 3 aromatic carbocycles. The van der Waals surface area contributed by atoms with Gasteiger partial charge in [0.2, 0.25) is 5.91 Å². The average molecular weight is 485 g/mol. The van der Waals surface area contributed by atoms with Crippen molar-refractivity contribution in [3.8, 4) is 17.2 Å². The molecular formula is C25H28N2O6S. The summed E-state index contributed by atoms with van der Waals surface area (Å²) in [7, 11) is 0.353. The first-order chi connectivity index (χ1) is 16.3. The molecular weight excluding hydrogens is 456 g/mol. The van der Waals surface area contributed by atoms with Gasteiger partial charge in [-0.1, -0.05) is 36.4 Å². The highest BCUT2D eigenvalue weighted by Crippen LogP contribution is 2.35. The topological polar surface area (TPSA) is 94.2 Å². The molecule has 1 N–H and O–H groups in total. The van der Waals surface area contributed by atoms with E-state index in [0.29, 0.717) is 11.5 Å². The number of carbonyl (C=O) groups is 1. The van der Waals surface area contributed by atoms with E-state index in [-0.39, 0.29) is 16.3 Å². The van der Waals surface area contributed by atoms with Gasteiger partial charge in [0.1, 0.15) is 23.8 Å². The quantitative estimate of drug-likeness (QED) is 0.471. The zero-order valence-corrected chi connectivity index (χ0v) is 20.3. The summed E-state index contributed by atoms with van der Waals surface area (Å²) in [6.45, 7) is 1.33. The SMILES string of the molecule is COc1ccc(OC)c(N(CC(=O)N[C@H](C)c2ccccc2OC)S(=O)(=O)c2ccccc2)c1. The van der Waals surface area contributed by atoms with E-state index in [1.54, 1.807) is 50.4 Å². The van der Waals surface area contributed by atoms with Gasteiger partial charge in [0.15, 0.2) is 0 Å². The number of hydrogen-bond donors (Lipinski definition) is 1. The first kappa shape index (κ1) is 24.9. The number of nitrogens with one attached hydrogen (secondary N) is 1. The summed E-state index contributed by atoms with van der Waals surface area (Å²) in [6, 6.07) is 19.6. The Balaban J connectivity index is 1.99. The highest BCUT2D eigenvalue weighted by Gasteiger charge is 2.30. The molecule has 180 valence electrons. The molecule has 0 aromatic heterocycles. The number of benzene rings is 3. The lowest BCUT2D eigenvalue weighted by atomic mass is 10.1. The molecule has 1 amide bonds. The van der Waals surface area contributed by atoms with Crippen LogP contribution >= 0.6 is 0 Å². The van der Waals surface area contributed by atoms with Crippen LogP contribution < -0.4 is 23.8 Å². The second kappa shape index (κ2) is 10.9. The van der Waals surface area contributed by atoms with E-state index >= 15 is 0 Å². The Bertz CT molecular complexity index is 1230. The van der Waals surface area contributed by atoms with Crippen molar-refractivity contribution in [1.29, 1.82) is 0 Å². The second-order valence-corrected chi connectivity index (χ2v) is 9.26. The van der Waals surface area contributed by atoms with Crippen molar-refractivity contribution < 1.29 is 27.4 Å². The molecule has 0 unspecified atom stereocenters. The van der Waals surface area contributed by atoms with Crippen LogP contribution in [-0.2, 0) is 14.8 Å². The van der Waals surface area contributed by atoms with Gasteiger partial charge in [-0.05, 0) is 37.3 Å². The van der Waals surface area contributed by atoms with Gasteiger partial charge in [-0.25, -0.2) is 8.42 Å². The Kier molecular flexibility index (Phi) is 8.01. The predicted octanol–water partition coefficient (Wildman–Crippen LogP) is 3.79. The maximum absolute atomic E-state index is 13.6. The minimum absolute atomic E-state index is 0.0467. The molecule has 1 atom stereocenters. The van der Waals surface area contributed by atoms with Gasteiger partial charge >= 0.3 is 0 Å². The molecule has 0 radical (unpaired) electrons. The molecule has 0 heterocycles. The second-order valence-electron chi connectivity index (χ2n) is 7.39. The third-order valence-corrected chi connectivity index (χ3v) is 7.03. The van der Waals surface area contributed by atoms with Crippen molar-refractivity contribution in [2.45, 2.75) is 17.9 Å². The Morgan fingerprint density at radius 2 is 1.53 bits per heavy atom. The Morgan fingerprint density at radius 1 is 0.882 bits per heavy atom. The number of carbonyl (C=O) groups excluding carboxylic acids is 1. The molecule has 0 spiro atoms. The number of para-hydroxylation sites is 1. The van der Waals surface area contributed by atoms with Gasteiger partial charge in [0.25, 0.3) is 10.0 Å². The maximum atomic E-state index is 13.6. The standard InChI is InChI=1S/C25H28N2O6S/c1-18(21-12-8-9-13-23(21)32-3)26-25(28)17-27(34(29,30)20-10-6-5-7-11-20)22-16-19(31-2)14-15-24(22)33-4/h5-16,18H,17H2,1-4H3,(H,26,28)/t18-/m1/s1. The van der Waals surface area contributed by atoms with E-state index < -0.39 is 28.5 Å². The van der Waals surface area contributed by atoms with Crippen LogP contribution in [0.2, 0.25) is 0 Å². The third kappa shape index (κ3) is 5.43. The number of amides is 1. The van der Waals surface area contributed by atoms with Gasteiger partial charge in [-0.2, -0.15) is 0 Å². The van der Waals surface area contributed by atoms with Crippen LogP contribution in [0, 0.1) is 0 Å². The number of rotatable bonds is 10. The van der Waals surface area contributed by atoms with E-state index in [1.165, 1.54) is 32.4 Å². The zero-order chi connectivity index (χ0) is 24.7. The van der Waals surface area contributed by atoms with E-state index in [4.69, 9.17) is 14.2 Å². The van der Waals surface area contributed by atoms with Crippen LogP contribution in [0.5, 0.6) is 17.2 Å². The number of sulfonamides is 1. The summed E-state index contributed by atoms with van der Waals surface area (Å²) in [6.07, 6.45) is 0. The molecule has 0 aliphatic carbocycles. The van der Waals surface area contributed by atoms with Gasteiger partial charge in [0.05, 0.1) is 38.0 Å². The molecule has 9 heteroatoms. The van der Waals surface area contributed by atoms with Crippen LogP contribution in [0.25, 0.3) is 0 Å². The first-order valence-corrected chi connectivity index (χ1v) is 12.0. The van der Waals surface area contributed by atoms with Gasteiger partial charge < -0.3 is 19.5 Å². The number of anilines is 1. The molecule has 8 nitrogen and oxygen atoms in total. The largest absolute Gasteiger partial charge is 0.497 e. The third-order valence-electron chi connectivity index (χ3n) is 5.26. The maximum Gasteiger partial charge on any atom is 0.264 e. The molecule has 0 aliphatic rings. The predicted molar refractivity (Wildman–Crippen MR) is 130 cm³/mol. The van der Waals surface area contributed by atoms with E-state index in [1.807, 2.05) is 18.2 Å². The Labute approximate surface area is 200 Å². The Morgan fingerprint density at radius 3 is 2.18 bits per heavy atom. The molecule has 0 aliphatic heterocycles. The highest BCUT2D eigenvalue weighted by molar-refractivity contribution is 7.92. The van der Waals surface area contributed by atoms with Crippen molar-refractivity contribution in [3.63, 3.8) is 0 Å². The summed E-state index contributed by atoms with van der Waals surface area (Å²) in [5.41, 5.74) is 0.959. The molecule has 0 saturated heterocycles. The van der Waals surface area contributed by atoms with Crippen LogP contribution in [0.3, 0.4) is 0 Å². The van der Waals surface area contributed by atoms with Crippen molar-refractivity contribution >= 4 is 21.6 Å². The van der Waals surface area contributed by atoms with Crippen LogP contribution in [0.1, 0.15) is 18.5 Å². The number of ether oxygens (including phenoxy) is 3. The molecule has 0 saturated carbocycles. The van der Waals surface area contributed by atoms with Gasteiger partial charge in [-0.3, -0.25) is 9.10 Å². The number of nitrogens with zero attached hydrogens (tertiary/aromatic N) is 1. The lowest BCUT2D eigenvalue weighted by Gasteiger charge is -2.27. The zero-order valence-electron chi connectivity index (χ0n) is 19.5. The first-order valence-electron chi connectivity index (χ1n) is 10.5. The summed E-state index contributed by atoms with van der Waals surface area (Å²) in [5.74, 6) is 0.832. The minimum atomic E-state index is -4.11. The van der Waals surface area contributed by atoms with Crippen molar-refractivity contribution in [2.75, 3.05) is 32.2 Å². The average Bonchev–Trinajstić information content (AvgIpc) is 2.87. The fourth-order valence-corrected chi connectivity index (χ4v) is 4.97. The van der Waals surface area contributed by atoms with Crippen molar-refractivity contribution in [2.24, 2.45) is 0 Å². The summed E-state index contributed by atoms with van der Waals surface area (Å²) >= 11 is 0. The van der Waals surface area contributed by atoms with Crippen LogP contribution in [0.15, 0.2) is 77.7 Å². The van der Waals surface area contributed by atoms with Gasteiger partial charge in [0, 0.05) is 11.6 Å². The van der Waals surface area contributed by atoms with E-state index in [9.17, 15) is 13.2 Å². The number of hydrogen-bond acceptors (Lipinski definition) is 6. The monoisotopic (exact) mass is 484 g/mol. The number of methoxy groups -OCH3 is 3. The Hall–Kier alpha value is -3.72. The summed E-state index contributed by atoms with van der Waals surface area (Å²) in [5, 5.41) is 2.86. The fraction of sp³-hybridized carbons (Fsp3) is 0.240. The summed E-state index contributed by atoms with van der Waals surface area (Å²) in [4.78, 5) is 13.2. The normalized spacial score (nSPS) is 11.9. The van der Waals surface area contributed by atoms with Crippen molar-refractivity contribution in [1.82, 2.24) is 5.32 Å². The highest BCUT2D eigenvalue weighted by atomic mass is 32.2. The molecule has 3 aromatic rings. The van der Waals surface area contributed by atoms with Crippen molar-refractivity contribution in [3.05, 3.63) is 78.4 Å². The smallest absolute Gasteiger partial charge is 0.264 e. The minimum Gasteiger partial charge on any atom is -0.497 e. The van der Waals surface area contributed by atoms with Gasteiger partial charge in [-0.15, -0.1) is 0 Å². The molecule has 0 fully saturated rings. The van der Waals surface area contributed by atoms with E-state index in [2.05, 4.69) is 5.32 Å². The molecule has 3 rings (SSSR count). The molecule has 0 bridgehead atoms. The van der Waals surface area contributed by atoms with E-state index in [0.717, 1.165) is 9.87 Å². The fourth-order valence-electron chi connectivity index (χ4n) is 3.53. The molecule has 34 heavy (non-hydrogen) atoms. The lowest BCUT2D eigenvalue weighted by Crippen LogP contribution is -2.41. The van der Waals surface area contributed by atoms with Crippen LogP contribution in [-0.4, -0.2) is 42.2 Å². The van der Waals surface area contributed by atoms with Crippen LogP contribution in [0.4, 0.5) is 5.69 Å². The lowest BCUT2D eigenvalue weighted by molar-refractivity contribution is -0.120.